The Kier molecular flexibility index (Phi) is 6.44. The summed E-state index contributed by atoms with van der Waals surface area (Å²) < 4.78 is 0. The van der Waals surface area contributed by atoms with Crippen LogP contribution in [-0.2, 0) is 4.79 Å². The van der Waals surface area contributed by atoms with Crippen molar-refractivity contribution in [2.45, 2.75) is 0 Å². The van der Waals surface area contributed by atoms with Gasteiger partial charge in [0, 0.05) is 54.4 Å². The highest BCUT2D eigenvalue weighted by Gasteiger charge is 2.22. The summed E-state index contributed by atoms with van der Waals surface area (Å²) in [4.78, 5) is 26.5. The molecule has 3 rings (SSSR count). The molecule has 1 aliphatic heterocycles. The second-order valence-electron chi connectivity index (χ2n) is 6.20. The first-order chi connectivity index (χ1) is 13.3. The third kappa shape index (κ3) is 4.76. The van der Waals surface area contributed by atoms with Gasteiger partial charge in [-0.3, -0.25) is 14.9 Å². The number of hydrogen-bond donors (Lipinski definition) is 0. The van der Waals surface area contributed by atoms with Gasteiger partial charge in [-0.15, -0.1) is 0 Å². The molecule has 1 aliphatic rings. The zero-order valence-electron chi connectivity index (χ0n) is 14.6. The minimum absolute atomic E-state index is 0.0476. The van der Waals surface area contributed by atoms with Crippen molar-refractivity contribution in [2.75, 3.05) is 31.1 Å². The Bertz CT molecular complexity index is 941. The molecule has 6 nitrogen and oxygen atoms in total. The van der Waals surface area contributed by atoms with E-state index in [4.69, 9.17) is 34.8 Å². The summed E-state index contributed by atoms with van der Waals surface area (Å²) in [5.41, 5.74) is 1.40. The van der Waals surface area contributed by atoms with Crippen molar-refractivity contribution in [3.8, 4) is 0 Å². The summed E-state index contributed by atoms with van der Waals surface area (Å²) in [7, 11) is 0. The largest absolute Gasteiger partial charge is 0.367 e. The molecule has 1 fully saturated rings. The lowest BCUT2D eigenvalue weighted by molar-refractivity contribution is -0.384. The maximum atomic E-state index is 12.4. The number of hydrogen-bond acceptors (Lipinski definition) is 4. The van der Waals surface area contributed by atoms with Crippen molar-refractivity contribution < 1.29 is 9.72 Å². The highest BCUT2D eigenvalue weighted by atomic mass is 35.5. The van der Waals surface area contributed by atoms with Gasteiger partial charge in [-0.2, -0.15) is 0 Å². The van der Waals surface area contributed by atoms with Gasteiger partial charge in [0.15, 0.2) is 0 Å². The molecule has 0 radical (unpaired) electrons. The van der Waals surface area contributed by atoms with E-state index in [0.29, 0.717) is 41.2 Å². The number of nitro benzene ring substituents is 1. The average Bonchev–Trinajstić information content (AvgIpc) is 2.67. The van der Waals surface area contributed by atoms with Gasteiger partial charge in [0.1, 0.15) is 0 Å². The van der Waals surface area contributed by atoms with Gasteiger partial charge in [0.2, 0.25) is 5.91 Å². The maximum Gasteiger partial charge on any atom is 0.271 e. The van der Waals surface area contributed by atoms with Crippen molar-refractivity contribution in [1.29, 1.82) is 0 Å². The molecular weight excluding hydrogens is 425 g/mol. The smallest absolute Gasteiger partial charge is 0.271 e. The number of carbonyl (C=O) groups excluding carboxylic acids is 1. The van der Waals surface area contributed by atoms with Crippen molar-refractivity contribution in [3.05, 3.63) is 73.2 Å². The molecule has 146 valence electrons. The summed E-state index contributed by atoms with van der Waals surface area (Å²) >= 11 is 18.2. The Hall–Kier alpha value is -2.28. The molecule has 2 aromatic rings. The maximum absolute atomic E-state index is 12.4. The van der Waals surface area contributed by atoms with Crippen LogP contribution in [0.4, 0.5) is 11.4 Å². The van der Waals surface area contributed by atoms with E-state index in [-0.39, 0.29) is 11.6 Å². The number of carbonyl (C=O) groups is 1. The van der Waals surface area contributed by atoms with Crippen LogP contribution in [0.1, 0.15) is 5.56 Å². The SMILES string of the molecule is O=C(/C=C/c1ccc(Cl)cc1Cl)N1CCN(c2ccc([N+](=O)[O-])cc2Cl)CC1. The molecule has 9 heteroatoms. The highest BCUT2D eigenvalue weighted by Crippen LogP contribution is 2.30. The first kappa shape index (κ1) is 20.5. The first-order valence-electron chi connectivity index (χ1n) is 8.46. The second-order valence-corrected chi connectivity index (χ2v) is 7.46. The molecular formula is C19H16Cl3N3O3. The predicted molar refractivity (Wildman–Crippen MR) is 112 cm³/mol. The van der Waals surface area contributed by atoms with E-state index in [1.807, 2.05) is 4.90 Å². The van der Waals surface area contributed by atoms with Gasteiger partial charge in [0.25, 0.3) is 5.69 Å². The summed E-state index contributed by atoms with van der Waals surface area (Å²) in [5.74, 6) is -0.111. The number of piperazine rings is 1. The third-order valence-electron chi connectivity index (χ3n) is 4.44. The van der Waals surface area contributed by atoms with Crippen LogP contribution in [0, 0.1) is 10.1 Å². The first-order valence-corrected chi connectivity index (χ1v) is 9.59. The van der Waals surface area contributed by atoms with Crippen molar-refractivity contribution >= 4 is 58.2 Å². The fourth-order valence-corrected chi connectivity index (χ4v) is 3.70. The molecule has 28 heavy (non-hydrogen) atoms. The van der Waals surface area contributed by atoms with E-state index in [0.717, 1.165) is 11.3 Å². The Balaban J connectivity index is 1.61. The molecule has 0 aromatic heterocycles. The van der Waals surface area contributed by atoms with Crippen LogP contribution in [0.15, 0.2) is 42.5 Å². The fraction of sp³-hybridized carbons (Fsp3) is 0.211. The zero-order chi connectivity index (χ0) is 20.3. The minimum Gasteiger partial charge on any atom is -0.367 e. The number of nitrogens with zero attached hydrogens (tertiary/aromatic N) is 3. The van der Waals surface area contributed by atoms with Gasteiger partial charge in [-0.25, -0.2) is 0 Å². The number of non-ortho nitro benzene ring substituents is 1. The van der Waals surface area contributed by atoms with Crippen LogP contribution in [0.25, 0.3) is 6.08 Å². The number of anilines is 1. The van der Waals surface area contributed by atoms with E-state index in [1.54, 1.807) is 35.2 Å². The van der Waals surface area contributed by atoms with Crippen LogP contribution >= 0.6 is 34.8 Å². The molecule has 0 bridgehead atoms. The highest BCUT2D eigenvalue weighted by molar-refractivity contribution is 6.35. The third-order valence-corrected chi connectivity index (χ3v) is 5.31. The van der Waals surface area contributed by atoms with Crippen molar-refractivity contribution in [2.24, 2.45) is 0 Å². The summed E-state index contributed by atoms with van der Waals surface area (Å²) in [6.07, 6.45) is 3.16. The molecule has 0 atom stereocenters. The zero-order valence-corrected chi connectivity index (χ0v) is 16.9. The van der Waals surface area contributed by atoms with Crippen LogP contribution < -0.4 is 4.90 Å². The van der Waals surface area contributed by atoms with Crippen LogP contribution in [0.5, 0.6) is 0 Å². The van der Waals surface area contributed by atoms with E-state index >= 15 is 0 Å². The molecule has 0 saturated carbocycles. The van der Waals surface area contributed by atoms with Gasteiger partial charge in [-0.1, -0.05) is 40.9 Å². The van der Waals surface area contributed by atoms with Gasteiger partial charge in [-0.05, 0) is 29.8 Å². The fourth-order valence-electron chi connectivity index (χ4n) is 2.94. The lowest BCUT2D eigenvalue weighted by Crippen LogP contribution is -2.48. The number of rotatable bonds is 4. The lowest BCUT2D eigenvalue weighted by atomic mass is 10.2. The van der Waals surface area contributed by atoms with Gasteiger partial charge < -0.3 is 9.80 Å². The summed E-state index contributed by atoms with van der Waals surface area (Å²) in [6, 6.07) is 9.50. The van der Waals surface area contributed by atoms with Crippen LogP contribution in [0.2, 0.25) is 15.1 Å². The molecule has 0 unspecified atom stereocenters. The van der Waals surface area contributed by atoms with Crippen molar-refractivity contribution in [3.63, 3.8) is 0 Å². The van der Waals surface area contributed by atoms with Crippen LogP contribution in [-0.4, -0.2) is 41.9 Å². The quantitative estimate of drug-likeness (QED) is 0.384. The number of benzene rings is 2. The van der Waals surface area contributed by atoms with E-state index in [1.165, 1.54) is 18.2 Å². The van der Waals surface area contributed by atoms with E-state index in [9.17, 15) is 14.9 Å². The number of nitro groups is 1. The molecule has 1 heterocycles. The average molecular weight is 441 g/mol. The molecule has 0 N–H and O–H groups in total. The second kappa shape index (κ2) is 8.82. The topological polar surface area (TPSA) is 66.7 Å². The van der Waals surface area contributed by atoms with E-state index in [2.05, 4.69) is 0 Å². The molecule has 1 amide bonds. The number of halogens is 3. The summed E-state index contributed by atoms with van der Waals surface area (Å²) in [5, 5.41) is 12.2. The lowest BCUT2D eigenvalue weighted by Gasteiger charge is -2.36. The molecule has 1 saturated heterocycles. The molecule has 0 aliphatic carbocycles. The summed E-state index contributed by atoms with van der Waals surface area (Å²) in [6.45, 7) is 2.20. The minimum atomic E-state index is -0.481. The predicted octanol–water partition coefficient (Wildman–Crippen LogP) is 4.92. The van der Waals surface area contributed by atoms with Crippen LogP contribution in [0.3, 0.4) is 0 Å². The van der Waals surface area contributed by atoms with Crippen molar-refractivity contribution in [1.82, 2.24) is 4.90 Å². The standard InChI is InChI=1S/C19H16Cl3N3O3/c20-14-3-1-13(16(21)11-14)2-6-19(26)24-9-7-23(8-10-24)18-5-4-15(25(27)28)12-17(18)22/h1-6,11-12H,7-10H2/b6-2+. The van der Waals surface area contributed by atoms with Gasteiger partial charge in [0.05, 0.1) is 15.6 Å². The molecule has 0 spiro atoms. The van der Waals surface area contributed by atoms with E-state index < -0.39 is 4.92 Å². The number of amides is 1. The Morgan fingerprint density at radius 1 is 1.00 bits per heavy atom. The molecule has 2 aromatic carbocycles. The normalized spacial score (nSPS) is 14.5. The Morgan fingerprint density at radius 2 is 1.71 bits per heavy atom. The monoisotopic (exact) mass is 439 g/mol. The Morgan fingerprint density at radius 3 is 2.32 bits per heavy atom. The Labute approximate surface area is 177 Å². The van der Waals surface area contributed by atoms with Gasteiger partial charge >= 0.3 is 0 Å².